The molecule has 0 fully saturated rings. The van der Waals surface area contributed by atoms with E-state index in [-0.39, 0.29) is 18.4 Å². The Bertz CT molecular complexity index is 949. The number of ether oxygens (including phenoxy) is 2. The van der Waals surface area contributed by atoms with E-state index >= 15 is 0 Å². The van der Waals surface area contributed by atoms with E-state index in [4.69, 9.17) is 13.9 Å². The van der Waals surface area contributed by atoms with Gasteiger partial charge in [-0.05, 0) is 24.3 Å². The molecule has 0 saturated heterocycles. The number of benzene rings is 2. The van der Waals surface area contributed by atoms with Gasteiger partial charge >= 0.3 is 0 Å². The zero-order valence-corrected chi connectivity index (χ0v) is 16.7. The molecule has 0 aliphatic carbocycles. The minimum absolute atomic E-state index is 0.0420. The maximum atomic E-state index is 12.6. The average Bonchev–Trinajstić information content (AvgIpc) is 3.10. The van der Waals surface area contributed by atoms with E-state index in [1.807, 2.05) is 42.5 Å². The van der Waals surface area contributed by atoms with Gasteiger partial charge in [0.05, 0.1) is 53.1 Å². The van der Waals surface area contributed by atoms with Crippen LogP contribution in [0.1, 0.15) is 17.2 Å². The Labute approximate surface area is 165 Å². The highest BCUT2D eigenvalue weighted by Crippen LogP contribution is 2.26. The van der Waals surface area contributed by atoms with E-state index in [2.05, 4.69) is 19.4 Å². The Hall–Kier alpha value is -2.99. The number of quaternary nitrogens is 1. The van der Waals surface area contributed by atoms with Gasteiger partial charge in [-0.25, -0.2) is 0 Å². The molecule has 0 aliphatic heterocycles. The van der Waals surface area contributed by atoms with Crippen LogP contribution < -0.4 is 19.7 Å². The summed E-state index contributed by atoms with van der Waals surface area (Å²) in [6.45, 7) is 0.519. The molecule has 3 rings (SSSR count). The summed E-state index contributed by atoms with van der Waals surface area (Å²) in [5.41, 5.74) is 2.65. The number of nitrogens with one attached hydrogen (secondary N) is 2. The van der Waals surface area contributed by atoms with E-state index < -0.39 is 0 Å². The Morgan fingerprint density at radius 1 is 1.14 bits per heavy atom. The third-order valence-corrected chi connectivity index (χ3v) is 4.93. The van der Waals surface area contributed by atoms with Crippen molar-refractivity contribution in [2.75, 3.05) is 34.9 Å². The molecule has 2 N–H and O–H groups in total. The van der Waals surface area contributed by atoms with Gasteiger partial charge < -0.3 is 24.1 Å². The van der Waals surface area contributed by atoms with Gasteiger partial charge in [-0.15, -0.1) is 0 Å². The van der Waals surface area contributed by atoms with Crippen molar-refractivity contribution >= 4 is 16.9 Å². The highest BCUT2D eigenvalue weighted by molar-refractivity contribution is 5.88. The van der Waals surface area contributed by atoms with E-state index in [1.54, 1.807) is 20.5 Å². The topological polar surface area (TPSA) is 65.1 Å². The molecule has 1 aromatic heterocycles. The smallest absolute Gasteiger partial charge is 0.224 e. The van der Waals surface area contributed by atoms with E-state index in [1.165, 1.54) is 4.90 Å². The first-order chi connectivity index (χ1) is 13.5. The molecule has 0 radical (unpaired) electrons. The van der Waals surface area contributed by atoms with Crippen molar-refractivity contribution in [2.45, 2.75) is 12.5 Å². The molecule has 28 heavy (non-hydrogen) atoms. The molecule has 6 nitrogen and oxygen atoms in total. The zero-order valence-electron chi connectivity index (χ0n) is 16.7. The predicted octanol–water partition coefficient (Wildman–Crippen LogP) is 1.99. The molecule has 6 heteroatoms. The Morgan fingerprint density at radius 2 is 1.93 bits per heavy atom. The van der Waals surface area contributed by atoms with Gasteiger partial charge in [-0.1, -0.05) is 12.1 Å². The molecule has 1 heterocycles. The molecule has 0 spiro atoms. The van der Waals surface area contributed by atoms with E-state index in [0.717, 1.165) is 28.0 Å². The third kappa shape index (κ3) is 4.28. The minimum Gasteiger partial charge on any atom is -0.497 e. The number of fused-ring (bicyclic) bond motifs is 1. The summed E-state index contributed by atoms with van der Waals surface area (Å²) in [5.74, 6) is 1.52. The summed E-state index contributed by atoms with van der Waals surface area (Å²) in [6, 6.07) is 13.6. The lowest BCUT2D eigenvalue weighted by Gasteiger charge is -2.23. The number of rotatable bonds is 8. The van der Waals surface area contributed by atoms with Crippen molar-refractivity contribution in [3.05, 3.63) is 59.9 Å². The molecule has 3 aromatic rings. The van der Waals surface area contributed by atoms with Gasteiger partial charge in [-0.3, -0.25) is 4.79 Å². The van der Waals surface area contributed by atoms with Gasteiger partial charge in [0, 0.05) is 17.0 Å². The third-order valence-electron chi connectivity index (χ3n) is 4.93. The molecule has 1 amide bonds. The zero-order chi connectivity index (χ0) is 20.1. The highest BCUT2D eigenvalue weighted by Gasteiger charge is 2.22. The van der Waals surface area contributed by atoms with Crippen molar-refractivity contribution in [3.63, 3.8) is 0 Å². The van der Waals surface area contributed by atoms with Crippen molar-refractivity contribution in [2.24, 2.45) is 0 Å². The number of hydrogen-bond donors (Lipinski definition) is 2. The van der Waals surface area contributed by atoms with Gasteiger partial charge in [0.1, 0.15) is 23.1 Å². The van der Waals surface area contributed by atoms with Crippen LogP contribution in [-0.2, 0) is 11.2 Å². The van der Waals surface area contributed by atoms with Crippen LogP contribution in [0, 0.1) is 0 Å². The summed E-state index contributed by atoms with van der Waals surface area (Å²) in [7, 11) is 7.42. The summed E-state index contributed by atoms with van der Waals surface area (Å²) >= 11 is 0. The molecule has 0 bridgehead atoms. The van der Waals surface area contributed by atoms with E-state index in [0.29, 0.717) is 12.1 Å². The van der Waals surface area contributed by atoms with Gasteiger partial charge in [0.15, 0.2) is 0 Å². The number of hydrogen-bond acceptors (Lipinski definition) is 4. The number of furan rings is 1. The average molecular weight is 383 g/mol. The molecule has 1 atom stereocenters. The first-order valence-corrected chi connectivity index (χ1v) is 9.27. The number of methoxy groups -OCH3 is 2. The Balaban J connectivity index is 1.69. The van der Waals surface area contributed by atoms with Gasteiger partial charge in [0.25, 0.3) is 0 Å². The lowest BCUT2D eigenvalue weighted by molar-refractivity contribution is -0.890. The van der Waals surface area contributed by atoms with Gasteiger partial charge in [-0.2, -0.15) is 0 Å². The van der Waals surface area contributed by atoms with Crippen molar-refractivity contribution in [1.82, 2.24) is 5.32 Å². The van der Waals surface area contributed by atoms with Crippen molar-refractivity contribution in [1.29, 1.82) is 0 Å². The fourth-order valence-electron chi connectivity index (χ4n) is 3.36. The second kappa shape index (κ2) is 8.80. The fourth-order valence-corrected chi connectivity index (χ4v) is 3.36. The van der Waals surface area contributed by atoms with Crippen molar-refractivity contribution in [3.8, 4) is 11.5 Å². The standard InChI is InChI=1S/C22H26N2O4/c1-24(2)19(18-7-5-6-8-20(18)27-4)13-23-22(25)11-15-14-28-21-12-16(26-3)9-10-17(15)21/h5-10,12,14,19H,11,13H2,1-4H3,(H,23,25)/p+1/t19-/m0/s1. The fraction of sp³-hybridized carbons (Fsp3) is 0.318. The molecule has 0 aliphatic rings. The largest absolute Gasteiger partial charge is 0.497 e. The number of carbonyl (C=O) groups excluding carboxylic acids is 1. The van der Waals surface area contributed by atoms with Crippen LogP contribution in [0.25, 0.3) is 11.0 Å². The Kier molecular flexibility index (Phi) is 6.21. The highest BCUT2D eigenvalue weighted by atomic mass is 16.5. The molecular formula is C22H27N2O4+. The molecule has 148 valence electrons. The van der Waals surface area contributed by atoms with Crippen LogP contribution in [0.3, 0.4) is 0 Å². The summed E-state index contributed by atoms with van der Waals surface area (Å²) < 4.78 is 16.3. The minimum atomic E-state index is -0.0420. The molecule has 0 unspecified atom stereocenters. The molecule has 2 aromatic carbocycles. The summed E-state index contributed by atoms with van der Waals surface area (Å²) in [4.78, 5) is 13.8. The quantitative estimate of drug-likeness (QED) is 0.624. The normalized spacial score (nSPS) is 12.2. The van der Waals surface area contributed by atoms with E-state index in [9.17, 15) is 4.79 Å². The van der Waals surface area contributed by atoms with Crippen LogP contribution >= 0.6 is 0 Å². The lowest BCUT2D eigenvalue weighted by atomic mass is 10.0. The van der Waals surface area contributed by atoms with Gasteiger partial charge in [0.2, 0.25) is 5.91 Å². The van der Waals surface area contributed by atoms with Crippen LogP contribution in [0.15, 0.2) is 53.1 Å². The first-order valence-electron chi connectivity index (χ1n) is 9.27. The van der Waals surface area contributed by atoms with Crippen LogP contribution in [0.2, 0.25) is 0 Å². The summed E-state index contributed by atoms with van der Waals surface area (Å²) in [5, 5.41) is 3.98. The van der Waals surface area contributed by atoms with Crippen molar-refractivity contribution < 1.29 is 23.6 Å². The number of amides is 1. The predicted molar refractivity (Wildman–Crippen MR) is 108 cm³/mol. The monoisotopic (exact) mass is 383 g/mol. The first kappa shape index (κ1) is 19.8. The maximum absolute atomic E-state index is 12.6. The van der Waals surface area contributed by atoms with Crippen LogP contribution in [-0.4, -0.2) is 40.8 Å². The number of likely N-dealkylation sites (N-methyl/N-ethyl adjacent to an activating group) is 1. The number of para-hydroxylation sites is 1. The SMILES string of the molecule is COc1ccc2c(CC(=O)NC[C@@H](c3ccccc3OC)[NH+](C)C)coc2c1. The Morgan fingerprint density at radius 3 is 2.64 bits per heavy atom. The second-order valence-corrected chi connectivity index (χ2v) is 6.98. The molecular weight excluding hydrogens is 356 g/mol. The maximum Gasteiger partial charge on any atom is 0.224 e. The van der Waals surface area contributed by atoms with Crippen LogP contribution in [0.5, 0.6) is 11.5 Å². The second-order valence-electron chi connectivity index (χ2n) is 6.98. The molecule has 0 saturated carbocycles. The number of carbonyl (C=O) groups is 1. The van der Waals surface area contributed by atoms with Crippen LogP contribution in [0.4, 0.5) is 0 Å². The summed E-state index contributed by atoms with van der Waals surface area (Å²) in [6.07, 6.45) is 1.90. The lowest BCUT2D eigenvalue weighted by Crippen LogP contribution is -3.07.